The van der Waals surface area contributed by atoms with E-state index in [0.717, 1.165) is 11.1 Å². The Balaban J connectivity index is 1.74. The summed E-state index contributed by atoms with van der Waals surface area (Å²) < 4.78 is 29.2. The third-order valence-electron chi connectivity index (χ3n) is 10.0. The predicted octanol–water partition coefficient (Wildman–Crippen LogP) is 4.92. The van der Waals surface area contributed by atoms with E-state index in [-0.39, 0.29) is 30.2 Å². The molecule has 3 aliphatic heterocycles. The molecule has 0 aliphatic carbocycles. The van der Waals surface area contributed by atoms with Crippen LogP contribution in [0, 0.1) is 5.92 Å². The molecule has 3 amide bonds. The summed E-state index contributed by atoms with van der Waals surface area (Å²) in [5.41, 5.74) is -0.884. The molecule has 2 saturated heterocycles. The first-order chi connectivity index (χ1) is 24.5. The number of epoxide rings is 1. The second-order valence-electron chi connectivity index (χ2n) is 13.6. The van der Waals surface area contributed by atoms with Gasteiger partial charge in [0.1, 0.15) is 40.7 Å². The number of carbonyl (C=O) groups is 4. The van der Waals surface area contributed by atoms with Gasteiger partial charge in [0, 0.05) is 45.7 Å². The van der Waals surface area contributed by atoms with Gasteiger partial charge < -0.3 is 38.6 Å². The lowest BCUT2D eigenvalue weighted by Crippen LogP contribution is -2.63. The van der Waals surface area contributed by atoms with E-state index in [9.17, 15) is 24.3 Å². The van der Waals surface area contributed by atoms with Gasteiger partial charge in [0.05, 0.1) is 25.3 Å². The van der Waals surface area contributed by atoms with E-state index >= 15 is 0 Å². The van der Waals surface area contributed by atoms with Crippen molar-refractivity contribution in [2.24, 2.45) is 5.92 Å². The second-order valence-corrected chi connectivity index (χ2v) is 16.7. The molecule has 3 aliphatic rings. The Morgan fingerprint density at radius 2 is 1.98 bits per heavy atom. The number of aliphatic hydroxyl groups is 1. The highest BCUT2D eigenvalue weighted by Crippen LogP contribution is 2.49. The summed E-state index contributed by atoms with van der Waals surface area (Å²) in [6.45, 7) is 7.02. The van der Waals surface area contributed by atoms with Gasteiger partial charge >= 0.3 is 12.1 Å². The van der Waals surface area contributed by atoms with E-state index in [4.69, 9.17) is 35.3 Å². The zero-order chi connectivity index (χ0) is 38.5. The van der Waals surface area contributed by atoms with E-state index in [2.05, 4.69) is 5.32 Å². The second kappa shape index (κ2) is 17.5. The molecule has 0 aromatic heterocycles. The van der Waals surface area contributed by atoms with Crippen LogP contribution in [-0.2, 0) is 39.8 Å². The van der Waals surface area contributed by atoms with Crippen LogP contribution >= 0.6 is 33.2 Å². The highest BCUT2D eigenvalue weighted by Gasteiger charge is 2.64. The van der Waals surface area contributed by atoms with Crippen molar-refractivity contribution >= 4 is 62.8 Å². The Labute approximate surface area is 318 Å². The highest BCUT2D eigenvalue weighted by atomic mass is 35.5. The number of benzene rings is 1. The summed E-state index contributed by atoms with van der Waals surface area (Å²) in [6.07, 6.45) is 3.17. The number of carbonyl (C=O) groups excluding carboxylic acids is 4. The quantitative estimate of drug-likeness (QED) is 0.151. The summed E-state index contributed by atoms with van der Waals surface area (Å²) in [7, 11) is 9.14. The van der Waals surface area contributed by atoms with Crippen molar-refractivity contribution in [3.8, 4) is 5.75 Å². The first kappa shape index (κ1) is 41.8. The number of fused-ring (bicyclic) bond motifs is 5. The standard InChI is InChI=1S/C36H50ClN3O10S2/c1-20-11-10-12-27(47-8)36(45)19-26(48-34(44)38-36)21(2)32-35(4,50-32)28(49-33(43)22(3)39(5)29(41)13-14-52-51-9)18-30(42)40(6)24-16-23(15-20)17-25(46-7)31(24)37/h10-12,16-17,21-22,26-28,32,45H,13-15,18-19H2,1-9H3,(H,38,44)/t21?,22-,26-,27+,28-,32-,35-,36-/m0/s1. The number of alkyl carbamates (subject to hydrolysis) is 1. The van der Waals surface area contributed by atoms with Gasteiger partial charge in [-0.2, -0.15) is 0 Å². The molecule has 0 spiro atoms. The monoisotopic (exact) mass is 783 g/mol. The highest BCUT2D eigenvalue weighted by molar-refractivity contribution is 8.76. The number of methoxy groups -OCH3 is 2. The van der Waals surface area contributed by atoms with Crippen molar-refractivity contribution in [2.75, 3.05) is 45.2 Å². The maximum atomic E-state index is 14.1. The third-order valence-corrected chi connectivity index (χ3v) is 12.2. The number of nitrogens with zero attached hydrogens (tertiary/aromatic N) is 2. The van der Waals surface area contributed by atoms with Crippen LogP contribution < -0.4 is 15.0 Å². The topological polar surface area (TPSA) is 156 Å². The predicted molar refractivity (Wildman–Crippen MR) is 202 cm³/mol. The van der Waals surface area contributed by atoms with Crippen LogP contribution in [0.2, 0.25) is 5.02 Å². The lowest BCUT2D eigenvalue weighted by Gasteiger charge is -2.42. The number of likely N-dealkylation sites (N-methyl/N-ethyl adjacent to an activating group) is 1. The molecule has 1 unspecified atom stereocenters. The maximum Gasteiger partial charge on any atom is 0.409 e. The minimum atomic E-state index is -1.82. The van der Waals surface area contributed by atoms with Crippen LogP contribution in [0.3, 0.4) is 0 Å². The number of hydrogen-bond acceptors (Lipinski definition) is 12. The summed E-state index contributed by atoms with van der Waals surface area (Å²) in [4.78, 5) is 56.2. The van der Waals surface area contributed by atoms with E-state index in [1.807, 2.05) is 19.3 Å². The van der Waals surface area contributed by atoms with Crippen LogP contribution in [0.25, 0.3) is 0 Å². The van der Waals surface area contributed by atoms with Crippen LogP contribution in [-0.4, -0.2) is 116 Å². The molecule has 13 nitrogen and oxygen atoms in total. The number of anilines is 1. The third kappa shape index (κ3) is 9.40. The average Bonchev–Trinajstić information content (AvgIpc) is 3.80. The van der Waals surface area contributed by atoms with Crippen molar-refractivity contribution in [2.45, 2.75) is 95.2 Å². The van der Waals surface area contributed by atoms with Crippen LogP contribution in [0.1, 0.15) is 52.5 Å². The number of halogens is 1. The molecule has 288 valence electrons. The molecule has 8 atom stereocenters. The maximum absolute atomic E-state index is 14.1. The van der Waals surface area contributed by atoms with Crippen LogP contribution in [0.15, 0.2) is 35.9 Å². The number of allylic oxidation sites excluding steroid dienone is 3. The largest absolute Gasteiger partial charge is 0.495 e. The van der Waals surface area contributed by atoms with Crippen molar-refractivity contribution < 1.29 is 48.0 Å². The normalized spacial score (nSPS) is 29.9. The van der Waals surface area contributed by atoms with E-state index in [1.54, 1.807) is 73.7 Å². The summed E-state index contributed by atoms with van der Waals surface area (Å²) in [6, 6.07) is 2.63. The van der Waals surface area contributed by atoms with Gasteiger partial charge in [-0.25, -0.2) is 9.59 Å². The molecular weight excluding hydrogens is 734 g/mol. The molecule has 1 aromatic carbocycles. The fourth-order valence-corrected chi connectivity index (χ4v) is 8.09. The number of rotatable bonds is 9. The smallest absolute Gasteiger partial charge is 0.409 e. The van der Waals surface area contributed by atoms with Crippen molar-refractivity contribution in [3.63, 3.8) is 0 Å². The number of esters is 1. The first-order valence-corrected chi connectivity index (χ1v) is 20.1. The van der Waals surface area contributed by atoms with Crippen molar-refractivity contribution in [3.05, 3.63) is 46.5 Å². The van der Waals surface area contributed by atoms with E-state index in [1.165, 1.54) is 31.1 Å². The molecule has 1 aromatic rings. The summed E-state index contributed by atoms with van der Waals surface area (Å²) in [5, 5.41) is 14.5. The summed E-state index contributed by atoms with van der Waals surface area (Å²) in [5.74, 6) is -0.916. The van der Waals surface area contributed by atoms with Gasteiger partial charge in [0.2, 0.25) is 11.8 Å². The van der Waals surface area contributed by atoms with Gasteiger partial charge in [-0.05, 0) is 51.1 Å². The molecule has 4 rings (SSSR count). The molecular formula is C36H50ClN3O10S2. The molecule has 3 heterocycles. The lowest BCUT2D eigenvalue weighted by molar-refractivity contribution is -0.161. The van der Waals surface area contributed by atoms with Crippen molar-refractivity contribution in [1.82, 2.24) is 10.2 Å². The van der Waals surface area contributed by atoms with E-state index in [0.29, 0.717) is 23.6 Å². The zero-order valence-electron chi connectivity index (χ0n) is 31.1. The number of nitrogens with one attached hydrogen (secondary N) is 1. The number of hydrogen-bond donors (Lipinski definition) is 2. The Kier molecular flexibility index (Phi) is 14.0. The zero-order valence-corrected chi connectivity index (χ0v) is 33.5. The van der Waals surface area contributed by atoms with Gasteiger partial charge in [0.25, 0.3) is 0 Å². The number of amides is 3. The van der Waals surface area contributed by atoms with Gasteiger partial charge in [-0.15, -0.1) is 0 Å². The van der Waals surface area contributed by atoms with Gasteiger partial charge in [0.15, 0.2) is 5.72 Å². The molecule has 2 fully saturated rings. The lowest BCUT2D eigenvalue weighted by atomic mass is 9.83. The fraction of sp³-hybridized carbons (Fsp3) is 0.611. The van der Waals surface area contributed by atoms with E-state index < -0.39 is 65.7 Å². The van der Waals surface area contributed by atoms with Gasteiger partial charge in [-0.1, -0.05) is 63.9 Å². The molecule has 52 heavy (non-hydrogen) atoms. The Morgan fingerprint density at radius 3 is 2.63 bits per heavy atom. The Hall–Kier alpha value is -2.95. The molecule has 4 bridgehead atoms. The fourth-order valence-electron chi connectivity index (χ4n) is 6.61. The SMILES string of the molecule is COc1cc2cc(c1Cl)N(C)C(=O)C[C@H](OC(=O)[C@H](C)N(C)C(=O)CCSSC)[C@]1(C)O[C@H]1C(C)[C@@H]1C[C@@](O)(NC(=O)O1)[C@H](OC)C=CC=C(C)C2. The Bertz CT molecular complexity index is 1580. The molecule has 16 heteroatoms. The van der Waals surface area contributed by atoms with Gasteiger partial charge in [-0.3, -0.25) is 14.9 Å². The molecule has 2 N–H and O–H groups in total. The van der Waals surface area contributed by atoms with Crippen LogP contribution in [0.5, 0.6) is 5.75 Å². The Morgan fingerprint density at radius 1 is 1.27 bits per heavy atom. The minimum Gasteiger partial charge on any atom is -0.495 e. The van der Waals surface area contributed by atoms with Crippen molar-refractivity contribution in [1.29, 1.82) is 0 Å². The molecule has 0 radical (unpaired) electrons. The molecule has 0 saturated carbocycles. The summed E-state index contributed by atoms with van der Waals surface area (Å²) >= 11 is 6.75. The minimum absolute atomic E-state index is 0.0452. The first-order valence-electron chi connectivity index (χ1n) is 17.0. The van der Waals surface area contributed by atoms with Crippen LogP contribution in [0.4, 0.5) is 10.5 Å². The number of ether oxygens (including phenoxy) is 5. The average molecular weight is 784 g/mol.